The summed E-state index contributed by atoms with van der Waals surface area (Å²) in [6, 6.07) is 14.4. The fourth-order valence-electron chi connectivity index (χ4n) is 2.70. The molecule has 0 aliphatic heterocycles. The summed E-state index contributed by atoms with van der Waals surface area (Å²) in [5.41, 5.74) is 1.06. The summed E-state index contributed by atoms with van der Waals surface area (Å²) < 4.78 is 46.2. The molecule has 27 heavy (non-hydrogen) atoms. The van der Waals surface area contributed by atoms with Crippen molar-refractivity contribution in [1.29, 1.82) is 0 Å². The van der Waals surface area contributed by atoms with Crippen LogP contribution in [0, 0.1) is 0 Å². The number of rotatable bonds is 6. The number of alkyl halides is 1. The van der Waals surface area contributed by atoms with Crippen LogP contribution in [0.2, 0.25) is 0 Å². The largest absolute Gasteiger partial charge is 0.464 e. The van der Waals surface area contributed by atoms with Gasteiger partial charge in [-0.1, -0.05) is 63.2 Å². The van der Waals surface area contributed by atoms with Crippen LogP contribution < -0.4 is 0 Å². The quantitative estimate of drug-likeness (QED) is 0.684. The normalized spacial score (nSPS) is 14.4. The summed E-state index contributed by atoms with van der Waals surface area (Å²) in [5, 5.41) is -1.52. The molecule has 0 saturated heterocycles. The molecule has 0 aromatic heterocycles. The topological polar surface area (TPSA) is 60.4 Å². The van der Waals surface area contributed by atoms with Crippen LogP contribution in [0.15, 0.2) is 59.5 Å². The number of halogens is 1. The molecule has 0 fully saturated rings. The summed E-state index contributed by atoms with van der Waals surface area (Å²) in [7, 11) is -4.06. The third-order valence-electron chi connectivity index (χ3n) is 4.34. The Balaban J connectivity index is 2.42. The molecule has 0 bridgehead atoms. The molecule has 0 aliphatic carbocycles. The minimum absolute atomic E-state index is 0.00577. The second-order valence-electron chi connectivity index (χ2n) is 7.47. The number of hydrogen-bond donors (Lipinski definition) is 0. The smallest absolute Gasteiger partial charge is 0.302 e. The molecule has 146 valence electrons. The van der Waals surface area contributed by atoms with Crippen molar-refractivity contribution >= 4 is 15.8 Å². The van der Waals surface area contributed by atoms with Crippen LogP contribution in [0.4, 0.5) is 4.39 Å². The second kappa shape index (κ2) is 8.21. The van der Waals surface area contributed by atoms with Crippen molar-refractivity contribution in [2.45, 2.75) is 49.4 Å². The van der Waals surface area contributed by atoms with Gasteiger partial charge in [0.15, 0.2) is 9.84 Å². The van der Waals surface area contributed by atoms with E-state index < -0.39 is 33.8 Å². The lowest BCUT2D eigenvalue weighted by molar-refractivity contribution is -0.141. The number of ether oxygens (including phenoxy) is 1. The first-order valence-electron chi connectivity index (χ1n) is 8.70. The molecule has 0 unspecified atom stereocenters. The van der Waals surface area contributed by atoms with Gasteiger partial charge in [-0.15, -0.1) is 0 Å². The van der Waals surface area contributed by atoms with Crippen molar-refractivity contribution in [3.05, 3.63) is 65.7 Å². The van der Waals surface area contributed by atoms with Crippen molar-refractivity contribution in [1.82, 2.24) is 0 Å². The number of esters is 1. The Hall–Kier alpha value is -2.21. The second-order valence-corrected chi connectivity index (χ2v) is 9.64. The van der Waals surface area contributed by atoms with Crippen LogP contribution in [0.25, 0.3) is 0 Å². The van der Waals surface area contributed by atoms with Gasteiger partial charge in [-0.2, -0.15) is 0 Å². The average molecular weight is 392 g/mol. The first-order valence-corrected chi connectivity index (χ1v) is 10.2. The zero-order valence-corrected chi connectivity index (χ0v) is 16.8. The lowest BCUT2D eigenvalue weighted by Gasteiger charge is -2.23. The van der Waals surface area contributed by atoms with Crippen molar-refractivity contribution in [2.75, 3.05) is 6.61 Å². The predicted octanol–water partition coefficient (Wildman–Crippen LogP) is 4.40. The third kappa shape index (κ3) is 5.16. The Morgan fingerprint density at radius 3 is 2.07 bits per heavy atom. The van der Waals surface area contributed by atoms with E-state index in [9.17, 15) is 13.2 Å². The highest BCUT2D eigenvalue weighted by molar-refractivity contribution is 7.92. The minimum atomic E-state index is -4.06. The van der Waals surface area contributed by atoms with Gasteiger partial charge in [0.05, 0.1) is 4.90 Å². The highest BCUT2D eigenvalue weighted by Gasteiger charge is 2.37. The Morgan fingerprint density at radius 1 is 1.04 bits per heavy atom. The number of benzene rings is 2. The SMILES string of the molecule is CC(=O)OC[C@H]([C@@H](F)c1ccccc1)S(=O)(=O)c1ccc(C(C)(C)C)cc1. The van der Waals surface area contributed by atoms with Gasteiger partial charge in [0.25, 0.3) is 0 Å². The van der Waals surface area contributed by atoms with E-state index in [-0.39, 0.29) is 15.9 Å². The van der Waals surface area contributed by atoms with E-state index in [4.69, 9.17) is 4.74 Å². The lowest BCUT2D eigenvalue weighted by Crippen LogP contribution is -2.32. The maximum Gasteiger partial charge on any atom is 0.302 e. The van der Waals surface area contributed by atoms with E-state index in [1.165, 1.54) is 24.3 Å². The highest BCUT2D eigenvalue weighted by Crippen LogP contribution is 2.32. The van der Waals surface area contributed by atoms with Crippen LogP contribution in [0.3, 0.4) is 0 Å². The first kappa shape index (κ1) is 21.1. The van der Waals surface area contributed by atoms with Crippen molar-refractivity contribution in [3.8, 4) is 0 Å². The van der Waals surface area contributed by atoms with Gasteiger partial charge in [-0.25, -0.2) is 12.8 Å². The van der Waals surface area contributed by atoms with Crippen LogP contribution in [-0.2, 0) is 24.8 Å². The average Bonchev–Trinajstić information content (AvgIpc) is 2.61. The standard InChI is InChI=1S/C21H25FO4S/c1-15(23)26-14-19(20(22)16-8-6-5-7-9-16)27(24,25)18-12-10-17(11-13-18)21(2,3)4/h5-13,19-20H,14H2,1-4H3/t19-,20+/m1/s1. The van der Waals surface area contributed by atoms with Crippen LogP contribution in [-0.4, -0.2) is 26.2 Å². The van der Waals surface area contributed by atoms with Crippen molar-refractivity contribution in [2.24, 2.45) is 0 Å². The molecule has 2 rings (SSSR count). The molecule has 4 nitrogen and oxygen atoms in total. The maximum absolute atomic E-state index is 15.1. The molecule has 2 atom stereocenters. The third-order valence-corrected chi connectivity index (χ3v) is 6.44. The monoisotopic (exact) mass is 392 g/mol. The van der Waals surface area contributed by atoms with Crippen LogP contribution in [0.5, 0.6) is 0 Å². The van der Waals surface area contributed by atoms with Crippen molar-refractivity contribution in [3.63, 3.8) is 0 Å². The summed E-state index contributed by atoms with van der Waals surface area (Å²) in [6.07, 6.45) is -1.82. The van der Waals surface area contributed by atoms with E-state index in [0.717, 1.165) is 12.5 Å². The summed E-state index contributed by atoms with van der Waals surface area (Å²) in [6.45, 7) is 6.68. The van der Waals surface area contributed by atoms with Gasteiger partial charge in [0, 0.05) is 6.92 Å². The van der Waals surface area contributed by atoms with E-state index in [1.54, 1.807) is 30.3 Å². The molecule has 2 aromatic carbocycles. The van der Waals surface area contributed by atoms with Gasteiger partial charge in [-0.3, -0.25) is 4.79 Å². The fraction of sp³-hybridized carbons (Fsp3) is 0.381. The molecular weight excluding hydrogens is 367 g/mol. The highest BCUT2D eigenvalue weighted by atomic mass is 32.2. The van der Waals surface area contributed by atoms with Gasteiger partial charge < -0.3 is 4.74 Å². The summed E-state index contributed by atoms with van der Waals surface area (Å²) in [4.78, 5) is 11.2. The van der Waals surface area contributed by atoms with E-state index in [2.05, 4.69) is 0 Å². The predicted molar refractivity (Wildman–Crippen MR) is 103 cm³/mol. The molecular formula is C21H25FO4S. The van der Waals surface area contributed by atoms with E-state index in [0.29, 0.717) is 0 Å². The minimum Gasteiger partial charge on any atom is -0.464 e. The molecule has 0 spiro atoms. The zero-order chi connectivity index (χ0) is 20.2. The molecule has 0 saturated carbocycles. The lowest BCUT2D eigenvalue weighted by atomic mass is 9.87. The van der Waals surface area contributed by atoms with Gasteiger partial charge in [-0.05, 0) is 28.7 Å². The Morgan fingerprint density at radius 2 is 1.59 bits per heavy atom. The molecule has 6 heteroatoms. The van der Waals surface area contributed by atoms with Gasteiger partial charge >= 0.3 is 5.97 Å². The number of hydrogen-bond acceptors (Lipinski definition) is 4. The number of carbonyl (C=O) groups is 1. The van der Waals surface area contributed by atoms with Crippen molar-refractivity contribution < 1.29 is 22.3 Å². The van der Waals surface area contributed by atoms with Gasteiger partial charge in [0.2, 0.25) is 0 Å². The molecule has 0 N–H and O–H groups in total. The first-order chi connectivity index (χ1) is 12.5. The molecule has 0 aliphatic rings. The number of carbonyl (C=O) groups excluding carboxylic acids is 1. The van der Waals surface area contributed by atoms with Gasteiger partial charge in [0.1, 0.15) is 18.0 Å². The molecule has 0 heterocycles. The molecule has 0 radical (unpaired) electrons. The zero-order valence-electron chi connectivity index (χ0n) is 16.0. The van der Waals surface area contributed by atoms with Crippen LogP contribution in [0.1, 0.15) is 45.0 Å². The summed E-state index contributed by atoms with van der Waals surface area (Å²) in [5.74, 6) is -0.654. The van der Waals surface area contributed by atoms with Crippen LogP contribution >= 0.6 is 0 Å². The Labute approximate surface area is 160 Å². The molecule has 0 amide bonds. The number of sulfone groups is 1. The van der Waals surface area contributed by atoms with E-state index in [1.807, 2.05) is 20.8 Å². The van der Waals surface area contributed by atoms with E-state index >= 15 is 4.39 Å². The fourth-order valence-corrected chi connectivity index (χ4v) is 4.29. The Kier molecular flexibility index (Phi) is 6.42. The Bertz CT molecular complexity index is 869. The maximum atomic E-state index is 15.1. The summed E-state index contributed by atoms with van der Waals surface area (Å²) >= 11 is 0. The molecule has 2 aromatic rings.